The molecule has 1 aliphatic rings. The Labute approximate surface area is 112 Å². The van der Waals surface area contributed by atoms with Crippen LogP contribution in [0, 0.1) is 17.0 Å². The maximum absolute atomic E-state index is 11.2. The van der Waals surface area contributed by atoms with Gasteiger partial charge in [-0.05, 0) is 39.7 Å². The first kappa shape index (κ1) is 13.7. The fourth-order valence-corrected chi connectivity index (χ4v) is 2.63. The van der Waals surface area contributed by atoms with Gasteiger partial charge >= 0.3 is 5.69 Å². The fourth-order valence-electron chi connectivity index (χ4n) is 2.63. The highest BCUT2D eigenvalue weighted by Gasteiger charge is 2.28. The average molecular weight is 264 g/mol. The summed E-state index contributed by atoms with van der Waals surface area (Å²) in [6.45, 7) is 5.99. The lowest BCUT2D eigenvalue weighted by Crippen LogP contribution is -2.47. The van der Waals surface area contributed by atoms with Gasteiger partial charge in [0, 0.05) is 23.8 Å². The third-order valence-corrected chi connectivity index (χ3v) is 3.74. The lowest BCUT2D eigenvalue weighted by molar-refractivity contribution is -0.384. The maximum atomic E-state index is 11.2. The first-order valence-corrected chi connectivity index (χ1v) is 6.65. The number of pyridine rings is 1. The predicted octanol–water partition coefficient (Wildman–Crippen LogP) is 2.89. The number of aromatic nitrogens is 1. The minimum absolute atomic E-state index is 0.0625. The van der Waals surface area contributed by atoms with Gasteiger partial charge in [0.25, 0.3) is 0 Å². The molecule has 6 nitrogen and oxygen atoms in total. The van der Waals surface area contributed by atoms with Crippen molar-refractivity contribution in [3.63, 3.8) is 0 Å². The van der Waals surface area contributed by atoms with Crippen LogP contribution in [0.15, 0.2) is 12.3 Å². The van der Waals surface area contributed by atoms with E-state index in [0.717, 1.165) is 12.8 Å². The van der Waals surface area contributed by atoms with Crippen molar-refractivity contribution in [2.24, 2.45) is 0 Å². The highest BCUT2D eigenvalue weighted by Crippen LogP contribution is 2.29. The van der Waals surface area contributed by atoms with Crippen molar-refractivity contribution >= 4 is 11.5 Å². The van der Waals surface area contributed by atoms with Gasteiger partial charge in [0.2, 0.25) is 5.82 Å². The molecule has 1 saturated heterocycles. The summed E-state index contributed by atoms with van der Waals surface area (Å²) in [6, 6.07) is 2.36. The molecule has 19 heavy (non-hydrogen) atoms. The molecule has 1 aromatic rings. The zero-order chi connectivity index (χ0) is 14.0. The summed E-state index contributed by atoms with van der Waals surface area (Å²) in [7, 11) is 0. The zero-order valence-electron chi connectivity index (χ0n) is 11.6. The van der Waals surface area contributed by atoms with Crippen molar-refractivity contribution in [3.05, 3.63) is 27.9 Å². The van der Waals surface area contributed by atoms with Crippen LogP contribution in [0.2, 0.25) is 0 Å². The second-order valence-electron chi connectivity index (χ2n) is 5.23. The molecular weight excluding hydrogens is 244 g/mol. The average Bonchev–Trinajstić information content (AvgIpc) is 2.33. The minimum atomic E-state index is -0.371. The largest absolute Gasteiger partial charge is 0.315 e. The normalized spacial score (nSPS) is 24.2. The number of nitrogens with one attached hydrogen (secondary N) is 1. The predicted molar refractivity (Wildman–Crippen MR) is 73.9 cm³/mol. The molecule has 1 aromatic heterocycles. The van der Waals surface area contributed by atoms with Crippen molar-refractivity contribution in [3.8, 4) is 0 Å². The van der Waals surface area contributed by atoms with E-state index >= 15 is 0 Å². The third kappa shape index (κ3) is 2.84. The van der Waals surface area contributed by atoms with E-state index in [1.807, 2.05) is 0 Å². The monoisotopic (exact) mass is 264 g/mol. The van der Waals surface area contributed by atoms with Crippen LogP contribution < -0.4 is 5.43 Å². The Hall–Kier alpha value is -1.69. The van der Waals surface area contributed by atoms with E-state index in [9.17, 15) is 10.1 Å². The summed E-state index contributed by atoms with van der Waals surface area (Å²) in [4.78, 5) is 14.9. The zero-order valence-corrected chi connectivity index (χ0v) is 11.6. The molecule has 0 aliphatic carbocycles. The number of aryl methyl sites for hydroxylation is 1. The van der Waals surface area contributed by atoms with Gasteiger partial charge < -0.3 is 0 Å². The van der Waals surface area contributed by atoms with Crippen molar-refractivity contribution in [1.82, 2.24) is 9.99 Å². The SMILES string of the molecule is Cc1ccnc(NN2C(C)CCCC2C)c1[N+](=O)[O-]. The minimum Gasteiger partial charge on any atom is -0.297 e. The highest BCUT2D eigenvalue weighted by atomic mass is 16.6. The summed E-state index contributed by atoms with van der Waals surface area (Å²) in [6.07, 6.45) is 4.99. The molecule has 0 amide bonds. The van der Waals surface area contributed by atoms with Gasteiger partial charge in [0.1, 0.15) is 0 Å². The number of nitrogens with zero attached hydrogens (tertiary/aromatic N) is 3. The first-order chi connectivity index (χ1) is 9.00. The van der Waals surface area contributed by atoms with E-state index in [1.165, 1.54) is 6.42 Å². The Kier molecular flexibility index (Phi) is 3.99. The van der Waals surface area contributed by atoms with Gasteiger partial charge in [0.05, 0.1) is 4.92 Å². The van der Waals surface area contributed by atoms with Crippen LogP contribution in [0.1, 0.15) is 38.7 Å². The van der Waals surface area contributed by atoms with Crippen LogP contribution in [0.3, 0.4) is 0 Å². The van der Waals surface area contributed by atoms with Gasteiger partial charge in [-0.1, -0.05) is 6.42 Å². The molecule has 2 rings (SSSR count). The van der Waals surface area contributed by atoms with Crippen molar-refractivity contribution < 1.29 is 4.92 Å². The van der Waals surface area contributed by atoms with Crippen molar-refractivity contribution in [2.75, 3.05) is 5.43 Å². The van der Waals surface area contributed by atoms with Gasteiger partial charge in [-0.2, -0.15) is 0 Å². The third-order valence-electron chi connectivity index (χ3n) is 3.74. The van der Waals surface area contributed by atoms with Gasteiger partial charge in [-0.15, -0.1) is 0 Å². The summed E-state index contributed by atoms with van der Waals surface area (Å²) in [5.74, 6) is 0.339. The second-order valence-corrected chi connectivity index (χ2v) is 5.23. The quantitative estimate of drug-likeness (QED) is 0.671. The molecule has 0 radical (unpaired) electrons. The number of piperidine rings is 1. The number of hydrogen-bond acceptors (Lipinski definition) is 5. The molecular formula is C13H20N4O2. The lowest BCUT2D eigenvalue weighted by Gasteiger charge is -2.38. The molecule has 6 heteroatoms. The van der Waals surface area contributed by atoms with E-state index < -0.39 is 0 Å². The molecule has 0 saturated carbocycles. The molecule has 0 spiro atoms. The number of hydrazine groups is 1. The van der Waals surface area contributed by atoms with E-state index in [0.29, 0.717) is 23.5 Å². The summed E-state index contributed by atoms with van der Waals surface area (Å²) >= 11 is 0. The molecule has 2 unspecified atom stereocenters. The fraction of sp³-hybridized carbons (Fsp3) is 0.615. The summed E-state index contributed by atoms with van der Waals surface area (Å²) < 4.78 is 0. The van der Waals surface area contributed by atoms with Crippen molar-refractivity contribution in [2.45, 2.75) is 52.1 Å². The van der Waals surface area contributed by atoms with Crippen LogP contribution in [0.5, 0.6) is 0 Å². The van der Waals surface area contributed by atoms with E-state index in [1.54, 1.807) is 19.2 Å². The summed E-state index contributed by atoms with van der Waals surface area (Å²) in [5.41, 5.74) is 3.84. The van der Waals surface area contributed by atoms with Crippen LogP contribution >= 0.6 is 0 Å². The molecule has 0 aromatic carbocycles. The molecule has 1 N–H and O–H groups in total. The number of nitro groups is 1. The maximum Gasteiger partial charge on any atom is 0.315 e. The van der Waals surface area contributed by atoms with Gasteiger partial charge in [-0.25, -0.2) is 9.99 Å². The van der Waals surface area contributed by atoms with E-state index in [-0.39, 0.29) is 10.6 Å². The van der Waals surface area contributed by atoms with E-state index in [2.05, 4.69) is 29.3 Å². The molecule has 2 heterocycles. The Morgan fingerprint density at radius 3 is 2.63 bits per heavy atom. The van der Waals surface area contributed by atoms with Crippen molar-refractivity contribution in [1.29, 1.82) is 0 Å². The first-order valence-electron chi connectivity index (χ1n) is 6.65. The standard InChI is InChI=1S/C13H20N4O2/c1-9-7-8-14-13(12(9)17(18)19)15-16-10(2)5-4-6-11(16)3/h7-8,10-11H,4-6H2,1-3H3,(H,14,15). The molecule has 0 bridgehead atoms. The molecule has 2 atom stereocenters. The Morgan fingerprint density at radius 2 is 2.05 bits per heavy atom. The topological polar surface area (TPSA) is 71.3 Å². The molecule has 104 valence electrons. The van der Waals surface area contributed by atoms with E-state index in [4.69, 9.17) is 0 Å². The molecule has 1 fully saturated rings. The highest BCUT2D eigenvalue weighted by molar-refractivity contribution is 5.59. The molecule has 1 aliphatic heterocycles. The van der Waals surface area contributed by atoms with Crippen LogP contribution in [-0.2, 0) is 0 Å². The Morgan fingerprint density at radius 1 is 1.42 bits per heavy atom. The van der Waals surface area contributed by atoms with Crippen LogP contribution in [0.4, 0.5) is 11.5 Å². The Bertz CT molecular complexity index is 468. The van der Waals surface area contributed by atoms with Gasteiger partial charge in [0.15, 0.2) is 0 Å². The lowest BCUT2D eigenvalue weighted by atomic mass is 10.00. The van der Waals surface area contributed by atoms with Crippen LogP contribution in [0.25, 0.3) is 0 Å². The number of rotatable bonds is 3. The number of anilines is 1. The van der Waals surface area contributed by atoms with Crippen LogP contribution in [-0.4, -0.2) is 27.0 Å². The second kappa shape index (κ2) is 5.52. The number of hydrogen-bond donors (Lipinski definition) is 1. The van der Waals surface area contributed by atoms with Gasteiger partial charge in [-0.3, -0.25) is 15.5 Å². The summed E-state index contributed by atoms with van der Waals surface area (Å²) in [5, 5.41) is 13.2. The smallest absolute Gasteiger partial charge is 0.297 e. The Balaban J connectivity index is 2.27.